The molecular formula is C18H27N3O2. The highest BCUT2D eigenvalue weighted by Crippen LogP contribution is 2.31. The first-order valence-corrected chi connectivity index (χ1v) is 8.55. The summed E-state index contributed by atoms with van der Waals surface area (Å²) in [5.41, 5.74) is 1.15. The summed E-state index contributed by atoms with van der Waals surface area (Å²) >= 11 is 0. The largest absolute Gasteiger partial charge is 0.495 e. The third-order valence-corrected chi connectivity index (χ3v) is 5.21. The van der Waals surface area contributed by atoms with E-state index >= 15 is 0 Å². The molecule has 0 saturated carbocycles. The quantitative estimate of drug-likeness (QED) is 0.835. The Balaban J connectivity index is 1.49. The molecule has 5 heteroatoms. The van der Waals surface area contributed by atoms with E-state index in [2.05, 4.69) is 21.6 Å². The first-order valence-electron chi connectivity index (χ1n) is 8.55. The van der Waals surface area contributed by atoms with Crippen LogP contribution in [0.25, 0.3) is 0 Å². The van der Waals surface area contributed by atoms with Crippen LogP contribution in [0.4, 0.5) is 5.69 Å². The lowest BCUT2D eigenvalue weighted by molar-refractivity contribution is -0.126. The molecule has 2 unspecified atom stereocenters. The number of nitrogens with zero attached hydrogens (tertiary/aromatic N) is 1. The zero-order valence-corrected chi connectivity index (χ0v) is 14.0. The summed E-state index contributed by atoms with van der Waals surface area (Å²) in [4.78, 5) is 14.6. The maximum atomic E-state index is 12.2. The van der Waals surface area contributed by atoms with E-state index in [1.165, 1.54) is 0 Å². The van der Waals surface area contributed by atoms with E-state index < -0.39 is 0 Å². The van der Waals surface area contributed by atoms with Crippen molar-refractivity contribution in [2.75, 3.05) is 44.7 Å². The molecule has 2 fully saturated rings. The molecule has 23 heavy (non-hydrogen) atoms. The van der Waals surface area contributed by atoms with Crippen molar-refractivity contribution in [3.63, 3.8) is 0 Å². The van der Waals surface area contributed by atoms with Crippen LogP contribution in [0.2, 0.25) is 0 Å². The van der Waals surface area contributed by atoms with Gasteiger partial charge in [-0.15, -0.1) is 0 Å². The summed E-state index contributed by atoms with van der Waals surface area (Å²) in [5, 5.41) is 6.38. The number of anilines is 1. The van der Waals surface area contributed by atoms with Crippen LogP contribution in [-0.4, -0.2) is 45.7 Å². The number of hydrogen-bond donors (Lipinski definition) is 2. The average Bonchev–Trinajstić information content (AvgIpc) is 2.99. The molecule has 2 N–H and O–H groups in total. The molecule has 1 amide bonds. The van der Waals surface area contributed by atoms with Crippen molar-refractivity contribution in [1.29, 1.82) is 0 Å². The van der Waals surface area contributed by atoms with Crippen molar-refractivity contribution < 1.29 is 9.53 Å². The molecule has 1 aromatic carbocycles. The van der Waals surface area contributed by atoms with Gasteiger partial charge < -0.3 is 20.3 Å². The third kappa shape index (κ3) is 3.61. The lowest BCUT2D eigenvalue weighted by atomic mass is 9.88. The lowest BCUT2D eigenvalue weighted by Crippen LogP contribution is -2.50. The minimum absolute atomic E-state index is 0.114. The molecule has 2 aliphatic rings. The van der Waals surface area contributed by atoms with Gasteiger partial charge in [0.15, 0.2) is 0 Å². The zero-order valence-electron chi connectivity index (χ0n) is 14.0. The predicted molar refractivity (Wildman–Crippen MR) is 91.8 cm³/mol. The number of ether oxygens (including phenoxy) is 1. The molecule has 126 valence electrons. The Bertz CT molecular complexity index is 545. The van der Waals surface area contributed by atoms with Crippen molar-refractivity contribution in [2.45, 2.75) is 13.3 Å². The molecule has 3 rings (SSSR count). The van der Waals surface area contributed by atoms with Crippen LogP contribution in [0.1, 0.15) is 13.3 Å². The summed E-state index contributed by atoms with van der Waals surface area (Å²) in [6.45, 7) is 6.74. The van der Waals surface area contributed by atoms with Gasteiger partial charge in [0.2, 0.25) is 5.91 Å². The maximum absolute atomic E-state index is 12.2. The molecule has 0 aliphatic carbocycles. The predicted octanol–water partition coefficient (Wildman–Crippen LogP) is 1.49. The summed E-state index contributed by atoms with van der Waals surface area (Å²) < 4.78 is 5.45. The summed E-state index contributed by atoms with van der Waals surface area (Å²) in [6.07, 6.45) is 1.11. The number of methoxy groups -OCH3 is 1. The highest BCUT2D eigenvalue weighted by Gasteiger charge is 2.30. The van der Waals surface area contributed by atoms with Crippen molar-refractivity contribution in [2.24, 2.45) is 17.8 Å². The van der Waals surface area contributed by atoms with Gasteiger partial charge in [0.25, 0.3) is 0 Å². The molecule has 0 spiro atoms. The standard InChI is InChI=1S/C18H27N3O2/c1-13(15-10-19-11-15)18(22)20-9-14-7-8-21(12-14)16-5-3-4-6-17(16)23-2/h3-6,13-15,19H,7-12H2,1-2H3,(H,20,22). The second kappa shape index (κ2) is 7.21. The molecule has 2 atom stereocenters. The molecule has 0 bridgehead atoms. The van der Waals surface area contributed by atoms with E-state index in [0.717, 1.165) is 50.6 Å². The van der Waals surface area contributed by atoms with Gasteiger partial charge in [0.05, 0.1) is 12.8 Å². The first kappa shape index (κ1) is 16.1. The second-order valence-electron chi connectivity index (χ2n) is 6.72. The third-order valence-electron chi connectivity index (χ3n) is 5.21. The Kier molecular flexibility index (Phi) is 5.06. The molecular weight excluding hydrogens is 290 g/mol. The van der Waals surface area contributed by atoms with Gasteiger partial charge in [-0.2, -0.15) is 0 Å². The second-order valence-corrected chi connectivity index (χ2v) is 6.72. The van der Waals surface area contributed by atoms with Gasteiger partial charge in [-0.25, -0.2) is 0 Å². The number of carbonyl (C=O) groups excluding carboxylic acids is 1. The van der Waals surface area contributed by atoms with Crippen molar-refractivity contribution in [1.82, 2.24) is 10.6 Å². The van der Waals surface area contributed by atoms with Gasteiger partial charge in [0, 0.05) is 25.6 Å². The first-order chi connectivity index (χ1) is 11.2. The van der Waals surface area contributed by atoms with Crippen LogP contribution >= 0.6 is 0 Å². The minimum Gasteiger partial charge on any atom is -0.495 e. The zero-order chi connectivity index (χ0) is 16.2. The topological polar surface area (TPSA) is 53.6 Å². The number of para-hydroxylation sites is 2. The SMILES string of the molecule is COc1ccccc1N1CCC(CNC(=O)C(C)C2CNC2)C1. The van der Waals surface area contributed by atoms with E-state index in [0.29, 0.717) is 11.8 Å². The van der Waals surface area contributed by atoms with Crippen LogP contribution in [0.15, 0.2) is 24.3 Å². The van der Waals surface area contributed by atoms with Crippen LogP contribution in [-0.2, 0) is 4.79 Å². The molecule has 0 radical (unpaired) electrons. The van der Waals surface area contributed by atoms with E-state index in [9.17, 15) is 4.79 Å². The summed E-state index contributed by atoms with van der Waals surface area (Å²) in [6, 6.07) is 8.14. The molecule has 2 aliphatic heterocycles. The Labute approximate surface area is 138 Å². The number of benzene rings is 1. The Morgan fingerprint density at radius 2 is 2.22 bits per heavy atom. The van der Waals surface area contributed by atoms with Gasteiger partial charge >= 0.3 is 0 Å². The van der Waals surface area contributed by atoms with Gasteiger partial charge in [-0.1, -0.05) is 19.1 Å². The van der Waals surface area contributed by atoms with Crippen molar-refractivity contribution in [3.05, 3.63) is 24.3 Å². The number of hydrogen-bond acceptors (Lipinski definition) is 4. The number of carbonyl (C=O) groups is 1. The Morgan fingerprint density at radius 3 is 2.91 bits per heavy atom. The normalized spacial score (nSPS) is 22.5. The lowest BCUT2D eigenvalue weighted by Gasteiger charge is -2.32. The van der Waals surface area contributed by atoms with Crippen LogP contribution in [0.3, 0.4) is 0 Å². The van der Waals surface area contributed by atoms with Gasteiger partial charge in [0.1, 0.15) is 5.75 Å². The number of rotatable bonds is 6. The maximum Gasteiger partial charge on any atom is 0.223 e. The van der Waals surface area contributed by atoms with Crippen molar-refractivity contribution in [3.8, 4) is 5.75 Å². The Hall–Kier alpha value is -1.75. The van der Waals surface area contributed by atoms with Crippen LogP contribution in [0.5, 0.6) is 5.75 Å². The monoisotopic (exact) mass is 317 g/mol. The van der Waals surface area contributed by atoms with E-state index in [-0.39, 0.29) is 11.8 Å². The van der Waals surface area contributed by atoms with Crippen molar-refractivity contribution >= 4 is 11.6 Å². The van der Waals surface area contributed by atoms with Crippen LogP contribution < -0.4 is 20.3 Å². The smallest absolute Gasteiger partial charge is 0.223 e. The van der Waals surface area contributed by atoms with Crippen LogP contribution in [0, 0.1) is 17.8 Å². The molecule has 2 saturated heterocycles. The van der Waals surface area contributed by atoms with E-state index in [4.69, 9.17) is 4.74 Å². The molecule has 5 nitrogen and oxygen atoms in total. The fraction of sp³-hybridized carbons (Fsp3) is 0.611. The fourth-order valence-electron chi connectivity index (χ4n) is 3.39. The molecule has 1 aromatic rings. The highest BCUT2D eigenvalue weighted by atomic mass is 16.5. The molecule has 2 heterocycles. The average molecular weight is 317 g/mol. The molecule has 0 aromatic heterocycles. The minimum atomic E-state index is 0.114. The van der Waals surface area contributed by atoms with Gasteiger partial charge in [-0.3, -0.25) is 4.79 Å². The van der Waals surface area contributed by atoms with Gasteiger partial charge in [-0.05, 0) is 43.5 Å². The summed E-state index contributed by atoms with van der Waals surface area (Å²) in [5.74, 6) is 2.25. The summed E-state index contributed by atoms with van der Waals surface area (Å²) in [7, 11) is 1.71. The Morgan fingerprint density at radius 1 is 1.43 bits per heavy atom. The number of nitrogens with one attached hydrogen (secondary N) is 2. The highest BCUT2D eigenvalue weighted by molar-refractivity contribution is 5.78. The van der Waals surface area contributed by atoms with E-state index in [1.54, 1.807) is 7.11 Å². The fourth-order valence-corrected chi connectivity index (χ4v) is 3.39. The van der Waals surface area contributed by atoms with E-state index in [1.807, 2.05) is 25.1 Å². The number of amides is 1.